The smallest absolute Gasteiger partial charge is 0.252 e. The Morgan fingerprint density at radius 1 is 1.30 bits per heavy atom. The van der Waals surface area contributed by atoms with E-state index in [-0.39, 0.29) is 30.6 Å². The molecule has 0 bridgehead atoms. The molecule has 1 saturated carbocycles. The molecule has 1 aliphatic carbocycles. The highest BCUT2D eigenvalue weighted by Crippen LogP contribution is 2.25. The third-order valence-corrected chi connectivity index (χ3v) is 6.04. The van der Waals surface area contributed by atoms with Crippen LogP contribution in [0.3, 0.4) is 0 Å². The summed E-state index contributed by atoms with van der Waals surface area (Å²) in [6, 6.07) is 0. The second-order valence-electron chi connectivity index (χ2n) is 6.17. The molecule has 9 heteroatoms. The molecule has 0 unspecified atom stereocenters. The summed E-state index contributed by atoms with van der Waals surface area (Å²) < 4.78 is 31.8. The van der Waals surface area contributed by atoms with Gasteiger partial charge >= 0.3 is 0 Å². The standard InChI is InChI=1S/C14H27N3O4S.ClH/c1-21-14(5-7-15-8-6-14)13(18)16-9-10-22(19,20)17-11-12-3-2-4-12;/h12,15,17H,2-11H2,1H3,(H,16,18);1H. The van der Waals surface area contributed by atoms with E-state index in [4.69, 9.17) is 4.74 Å². The average Bonchev–Trinajstić information content (AvgIpc) is 2.45. The van der Waals surface area contributed by atoms with E-state index < -0.39 is 15.6 Å². The molecule has 0 spiro atoms. The lowest BCUT2D eigenvalue weighted by atomic mass is 9.86. The number of piperidine rings is 1. The summed E-state index contributed by atoms with van der Waals surface area (Å²) in [6.45, 7) is 2.08. The lowest BCUT2D eigenvalue weighted by Gasteiger charge is -2.34. The first-order chi connectivity index (χ1) is 10.5. The molecule has 2 rings (SSSR count). The fourth-order valence-electron chi connectivity index (χ4n) is 2.83. The van der Waals surface area contributed by atoms with Gasteiger partial charge in [-0.25, -0.2) is 13.1 Å². The molecular weight excluding hydrogens is 342 g/mol. The number of amides is 1. The fourth-order valence-corrected chi connectivity index (χ4v) is 3.83. The molecule has 23 heavy (non-hydrogen) atoms. The minimum Gasteiger partial charge on any atom is -0.368 e. The highest BCUT2D eigenvalue weighted by Gasteiger charge is 2.39. The molecule has 7 nitrogen and oxygen atoms in total. The summed E-state index contributed by atoms with van der Waals surface area (Å²) in [7, 11) is -1.79. The summed E-state index contributed by atoms with van der Waals surface area (Å²) in [5, 5.41) is 5.89. The number of halogens is 1. The third kappa shape index (κ3) is 5.86. The van der Waals surface area contributed by atoms with Crippen molar-refractivity contribution in [2.45, 2.75) is 37.7 Å². The Bertz CT molecular complexity index is 476. The molecule has 1 amide bonds. The van der Waals surface area contributed by atoms with Crippen LogP contribution in [0.5, 0.6) is 0 Å². The molecule has 3 N–H and O–H groups in total. The van der Waals surface area contributed by atoms with Crippen LogP contribution in [0.15, 0.2) is 0 Å². The van der Waals surface area contributed by atoms with Crippen LogP contribution in [-0.4, -0.2) is 59.0 Å². The van der Waals surface area contributed by atoms with Gasteiger partial charge in [-0.1, -0.05) is 6.42 Å². The average molecular weight is 370 g/mol. The van der Waals surface area contributed by atoms with Gasteiger partial charge in [0.25, 0.3) is 5.91 Å². The summed E-state index contributed by atoms with van der Waals surface area (Å²) in [5.74, 6) is 0.172. The molecule has 0 aromatic carbocycles. The van der Waals surface area contributed by atoms with Gasteiger partial charge in [-0.2, -0.15) is 0 Å². The van der Waals surface area contributed by atoms with Gasteiger partial charge in [-0.15, -0.1) is 12.4 Å². The first kappa shape index (κ1) is 20.6. The topological polar surface area (TPSA) is 96.5 Å². The maximum Gasteiger partial charge on any atom is 0.252 e. The normalized spacial score (nSPS) is 21.1. The van der Waals surface area contributed by atoms with Gasteiger partial charge in [-0.05, 0) is 44.7 Å². The molecule has 0 aromatic rings. The Morgan fingerprint density at radius 3 is 2.48 bits per heavy atom. The van der Waals surface area contributed by atoms with Gasteiger partial charge in [0, 0.05) is 20.2 Å². The number of methoxy groups -OCH3 is 1. The van der Waals surface area contributed by atoms with E-state index in [9.17, 15) is 13.2 Å². The van der Waals surface area contributed by atoms with Crippen LogP contribution < -0.4 is 15.4 Å². The van der Waals surface area contributed by atoms with Crippen LogP contribution in [0.4, 0.5) is 0 Å². The van der Waals surface area contributed by atoms with Gasteiger partial charge in [0.15, 0.2) is 0 Å². The maximum atomic E-state index is 12.3. The number of rotatable bonds is 8. The molecule has 2 aliphatic rings. The quantitative estimate of drug-likeness (QED) is 0.560. The first-order valence-electron chi connectivity index (χ1n) is 7.99. The number of sulfonamides is 1. The third-order valence-electron chi connectivity index (χ3n) is 4.69. The molecule has 0 radical (unpaired) electrons. The maximum absolute atomic E-state index is 12.3. The van der Waals surface area contributed by atoms with Gasteiger partial charge in [0.05, 0.1) is 5.75 Å². The number of hydrogen-bond acceptors (Lipinski definition) is 5. The minimum absolute atomic E-state index is 0. The Hall–Kier alpha value is -0.410. The fraction of sp³-hybridized carbons (Fsp3) is 0.929. The van der Waals surface area contributed by atoms with Crippen molar-refractivity contribution in [3.8, 4) is 0 Å². The molecule has 1 saturated heterocycles. The molecule has 136 valence electrons. The van der Waals surface area contributed by atoms with Crippen molar-refractivity contribution >= 4 is 28.3 Å². The summed E-state index contributed by atoms with van der Waals surface area (Å²) >= 11 is 0. The number of nitrogens with one attached hydrogen (secondary N) is 3. The van der Waals surface area contributed by atoms with Gasteiger partial charge in [0.1, 0.15) is 5.60 Å². The number of carbonyl (C=O) groups excluding carboxylic acids is 1. The summed E-state index contributed by atoms with van der Waals surface area (Å²) in [5.41, 5.74) is -0.825. The monoisotopic (exact) mass is 369 g/mol. The van der Waals surface area contributed by atoms with Crippen LogP contribution in [0, 0.1) is 5.92 Å². The van der Waals surface area contributed by atoms with Crippen LogP contribution in [-0.2, 0) is 19.6 Å². The Morgan fingerprint density at radius 2 is 1.96 bits per heavy atom. The van der Waals surface area contributed by atoms with E-state index in [0.29, 0.717) is 25.3 Å². The molecular formula is C14H28ClN3O4S. The van der Waals surface area contributed by atoms with Crippen LogP contribution in [0.25, 0.3) is 0 Å². The van der Waals surface area contributed by atoms with E-state index in [2.05, 4.69) is 15.4 Å². The SMILES string of the molecule is COC1(C(=O)NCCS(=O)(=O)NCC2CCC2)CCNCC1.Cl. The lowest BCUT2D eigenvalue weighted by Crippen LogP contribution is -2.54. The van der Waals surface area contributed by atoms with E-state index in [1.54, 1.807) is 0 Å². The van der Waals surface area contributed by atoms with Crippen molar-refractivity contribution in [1.82, 2.24) is 15.4 Å². The zero-order valence-electron chi connectivity index (χ0n) is 13.6. The highest BCUT2D eigenvalue weighted by atomic mass is 35.5. The van der Waals surface area contributed by atoms with Crippen LogP contribution in [0.1, 0.15) is 32.1 Å². The van der Waals surface area contributed by atoms with E-state index in [1.165, 1.54) is 13.5 Å². The zero-order valence-corrected chi connectivity index (χ0v) is 15.2. The van der Waals surface area contributed by atoms with Crippen molar-refractivity contribution in [2.75, 3.05) is 39.0 Å². The van der Waals surface area contributed by atoms with Gasteiger partial charge in [-0.3, -0.25) is 4.79 Å². The largest absolute Gasteiger partial charge is 0.368 e. The number of hydrogen-bond donors (Lipinski definition) is 3. The Kier molecular flexibility index (Phi) is 8.23. The van der Waals surface area contributed by atoms with E-state index >= 15 is 0 Å². The summed E-state index contributed by atoms with van der Waals surface area (Å²) in [6.07, 6.45) is 4.59. The molecule has 0 atom stereocenters. The number of carbonyl (C=O) groups is 1. The van der Waals surface area contributed by atoms with Crippen LogP contribution in [0.2, 0.25) is 0 Å². The van der Waals surface area contributed by atoms with Crippen molar-refractivity contribution in [1.29, 1.82) is 0 Å². The van der Waals surface area contributed by atoms with Crippen molar-refractivity contribution < 1.29 is 17.9 Å². The van der Waals surface area contributed by atoms with E-state index in [0.717, 1.165) is 25.9 Å². The Labute approximate surface area is 144 Å². The molecule has 1 heterocycles. The predicted octanol–water partition coefficient (Wildman–Crippen LogP) is 0.0125. The minimum atomic E-state index is -3.32. The Balaban J connectivity index is 0.00000264. The number of ether oxygens (including phenoxy) is 1. The van der Waals surface area contributed by atoms with Crippen molar-refractivity contribution in [2.24, 2.45) is 5.92 Å². The van der Waals surface area contributed by atoms with Gasteiger partial charge in [0.2, 0.25) is 10.0 Å². The van der Waals surface area contributed by atoms with Crippen LogP contribution >= 0.6 is 12.4 Å². The van der Waals surface area contributed by atoms with Crippen molar-refractivity contribution in [3.63, 3.8) is 0 Å². The second kappa shape index (κ2) is 9.17. The predicted molar refractivity (Wildman–Crippen MR) is 91.2 cm³/mol. The van der Waals surface area contributed by atoms with Gasteiger partial charge < -0.3 is 15.4 Å². The lowest BCUT2D eigenvalue weighted by molar-refractivity contribution is -0.146. The summed E-state index contributed by atoms with van der Waals surface area (Å²) in [4.78, 5) is 12.3. The van der Waals surface area contributed by atoms with Crippen molar-refractivity contribution in [3.05, 3.63) is 0 Å². The molecule has 1 aliphatic heterocycles. The van der Waals surface area contributed by atoms with E-state index in [1.807, 2.05) is 0 Å². The second-order valence-corrected chi connectivity index (χ2v) is 8.09. The first-order valence-corrected chi connectivity index (χ1v) is 9.64. The molecule has 0 aromatic heterocycles. The molecule has 2 fully saturated rings. The zero-order chi connectivity index (χ0) is 16.1. The highest BCUT2D eigenvalue weighted by molar-refractivity contribution is 7.89.